The van der Waals surface area contributed by atoms with Gasteiger partial charge in [-0.2, -0.15) is 0 Å². The highest BCUT2D eigenvalue weighted by Gasteiger charge is 2.29. The van der Waals surface area contributed by atoms with Crippen LogP contribution >= 0.6 is 11.5 Å². The van der Waals surface area contributed by atoms with E-state index in [2.05, 4.69) is 9.36 Å². The number of halogens is 1. The Hall–Kier alpha value is -3.00. The topological polar surface area (TPSA) is 93.8 Å². The van der Waals surface area contributed by atoms with E-state index in [0.29, 0.717) is 33.0 Å². The Labute approximate surface area is 156 Å². The lowest BCUT2D eigenvalue weighted by Crippen LogP contribution is -2.15. The van der Waals surface area contributed by atoms with E-state index in [0.717, 1.165) is 24.4 Å². The number of aromatic amines is 1. The van der Waals surface area contributed by atoms with Crippen molar-refractivity contribution in [2.75, 3.05) is 5.73 Å². The number of hydrogen-bond acceptors (Lipinski definition) is 5. The molecule has 3 aromatic heterocycles. The van der Waals surface area contributed by atoms with Crippen LogP contribution in [0.15, 0.2) is 33.9 Å². The molecule has 5 rings (SSSR count). The standard InChI is InChI=1S/C19H15FN4O2S/c1-8-10(4-5-15(21)22-8)11-7-14-12(6-13(11)20)17(25)16-18(26)23-27-19(16)24(14)9-2-3-9/h4-7,9H,2-3H2,1H3,(H2,21,22)(H,23,26). The third-order valence-corrected chi connectivity index (χ3v) is 5.91. The molecule has 0 unspecified atom stereocenters. The molecule has 8 heteroatoms. The van der Waals surface area contributed by atoms with Crippen LogP contribution in [0.5, 0.6) is 0 Å². The van der Waals surface area contributed by atoms with Crippen molar-refractivity contribution in [3.05, 3.63) is 56.4 Å². The summed E-state index contributed by atoms with van der Waals surface area (Å²) in [5.41, 5.74) is 7.10. The Bertz CT molecular complexity index is 1360. The van der Waals surface area contributed by atoms with Crippen molar-refractivity contribution in [1.82, 2.24) is 13.9 Å². The predicted molar refractivity (Wildman–Crippen MR) is 105 cm³/mol. The number of nitrogen functional groups attached to an aromatic ring is 1. The van der Waals surface area contributed by atoms with Crippen molar-refractivity contribution < 1.29 is 4.39 Å². The summed E-state index contributed by atoms with van der Waals surface area (Å²) in [6, 6.07) is 6.49. The zero-order valence-corrected chi connectivity index (χ0v) is 15.2. The molecule has 136 valence electrons. The van der Waals surface area contributed by atoms with E-state index >= 15 is 0 Å². The summed E-state index contributed by atoms with van der Waals surface area (Å²) >= 11 is 1.15. The van der Waals surface area contributed by atoms with Gasteiger partial charge in [-0.15, -0.1) is 0 Å². The average molecular weight is 382 g/mol. The number of nitrogens with one attached hydrogen (secondary N) is 1. The number of fused-ring (bicyclic) bond motifs is 2. The first kappa shape index (κ1) is 16.2. The Morgan fingerprint density at radius 2 is 2.04 bits per heavy atom. The summed E-state index contributed by atoms with van der Waals surface area (Å²) < 4.78 is 19.6. The summed E-state index contributed by atoms with van der Waals surface area (Å²) in [6.45, 7) is 1.77. The van der Waals surface area contributed by atoms with Crippen LogP contribution in [0.2, 0.25) is 0 Å². The minimum absolute atomic E-state index is 0.108. The van der Waals surface area contributed by atoms with Gasteiger partial charge in [-0.1, -0.05) is 0 Å². The molecule has 4 aromatic rings. The highest BCUT2D eigenvalue weighted by Crippen LogP contribution is 2.41. The van der Waals surface area contributed by atoms with E-state index in [-0.39, 0.29) is 16.8 Å². The maximum absolute atomic E-state index is 15.0. The van der Waals surface area contributed by atoms with E-state index in [1.165, 1.54) is 6.07 Å². The second-order valence-corrected chi connectivity index (χ2v) is 7.66. The fourth-order valence-electron chi connectivity index (χ4n) is 3.62. The van der Waals surface area contributed by atoms with Gasteiger partial charge in [0.2, 0.25) is 5.43 Å². The lowest BCUT2D eigenvalue weighted by Gasteiger charge is -2.14. The van der Waals surface area contributed by atoms with Crippen molar-refractivity contribution in [3.8, 4) is 11.1 Å². The maximum atomic E-state index is 15.0. The molecule has 0 bridgehead atoms. The Balaban J connectivity index is 1.93. The lowest BCUT2D eigenvalue weighted by atomic mass is 10.0. The second kappa shape index (κ2) is 5.50. The van der Waals surface area contributed by atoms with Crippen LogP contribution in [0.3, 0.4) is 0 Å². The van der Waals surface area contributed by atoms with Gasteiger partial charge in [0.25, 0.3) is 5.56 Å². The number of aromatic nitrogens is 3. The highest BCUT2D eigenvalue weighted by atomic mass is 32.1. The molecule has 0 amide bonds. The van der Waals surface area contributed by atoms with Crippen LogP contribution in [0, 0.1) is 12.7 Å². The number of hydrogen-bond donors (Lipinski definition) is 2. The first-order chi connectivity index (χ1) is 13.0. The van der Waals surface area contributed by atoms with Gasteiger partial charge < -0.3 is 10.3 Å². The zero-order chi connectivity index (χ0) is 18.9. The summed E-state index contributed by atoms with van der Waals surface area (Å²) in [4.78, 5) is 29.8. The minimum Gasteiger partial charge on any atom is -0.384 e. The first-order valence-electron chi connectivity index (χ1n) is 8.58. The van der Waals surface area contributed by atoms with Crippen molar-refractivity contribution >= 4 is 38.5 Å². The van der Waals surface area contributed by atoms with Gasteiger partial charge >= 0.3 is 0 Å². The Morgan fingerprint density at radius 3 is 2.74 bits per heavy atom. The number of nitrogens with zero attached hydrogens (tertiary/aromatic N) is 2. The summed E-state index contributed by atoms with van der Waals surface area (Å²) in [5.74, 6) is -0.159. The third-order valence-electron chi connectivity index (χ3n) is 5.03. The summed E-state index contributed by atoms with van der Waals surface area (Å²) in [7, 11) is 0. The summed E-state index contributed by atoms with van der Waals surface area (Å²) in [5, 5.41) is 0.331. The molecular weight excluding hydrogens is 367 g/mol. The van der Waals surface area contributed by atoms with Crippen molar-refractivity contribution in [1.29, 1.82) is 0 Å². The number of nitrogens with two attached hydrogens (primary N) is 1. The van der Waals surface area contributed by atoms with Gasteiger partial charge in [-0.25, -0.2) is 9.37 Å². The van der Waals surface area contributed by atoms with Crippen LogP contribution in [-0.2, 0) is 0 Å². The number of aryl methyl sites for hydroxylation is 1. The van der Waals surface area contributed by atoms with Crippen LogP contribution in [-0.4, -0.2) is 13.9 Å². The SMILES string of the molecule is Cc1nc(N)ccc1-c1cc2c(cc1F)c(=O)c1c(=O)[nH]sc1n2C1CC1. The number of rotatable bonds is 2. The van der Waals surface area contributed by atoms with E-state index < -0.39 is 16.8 Å². The average Bonchev–Trinajstić information content (AvgIpc) is 3.38. The quantitative estimate of drug-likeness (QED) is 0.556. The van der Waals surface area contributed by atoms with E-state index in [4.69, 9.17) is 5.73 Å². The molecule has 3 heterocycles. The predicted octanol–water partition coefficient (Wildman–Crippen LogP) is 3.33. The van der Waals surface area contributed by atoms with Crippen LogP contribution < -0.4 is 16.7 Å². The van der Waals surface area contributed by atoms with Gasteiger partial charge in [0.05, 0.1) is 5.52 Å². The molecule has 0 radical (unpaired) electrons. The van der Waals surface area contributed by atoms with Crippen molar-refractivity contribution in [3.63, 3.8) is 0 Å². The fraction of sp³-hybridized carbons (Fsp3) is 0.211. The molecule has 0 atom stereocenters. The zero-order valence-electron chi connectivity index (χ0n) is 14.4. The van der Waals surface area contributed by atoms with Gasteiger partial charge in [0.1, 0.15) is 21.9 Å². The molecule has 3 N–H and O–H groups in total. The molecule has 1 fully saturated rings. The van der Waals surface area contributed by atoms with Gasteiger partial charge in [-0.3, -0.25) is 14.0 Å². The number of H-pyrrole nitrogens is 1. The van der Waals surface area contributed by atoms with Crippen LogP contribution in [0.4, 0.5) is 10.2 Å². The van der Waals surface area contributed by atoms with Crippen LogP contribution in [0.1, 0.15) is 24.6 Å². The number of anilines is 1. The summed E-state index contributed by atoms with van der Waals surface area (Å²) in [6.07, 6.45) is 1.93. The molecule has 6 nitrogen and oxygen atoms in total. The van der Waals surface area contributed by atoms with Gasteiger partial charge in [0, 0.05) is 28.2 Å². The molecule has 1 saturated carbocycles. The normalized spacial score (nSPS) is 14.3. The van der Waals surface area contributed by atoms with Crippen molar-refractivity contribution in [2.45, 2.75) is 25.8 Å². The molecule has 27 heavy (non-hydrogen) atoms. The maximum Gasteiger partial charge on any atom is 0.271 e. The lowest BCUT2D eigenvalue weighted by molar-refractivity contribution is 0.632. The second-order valence-electron chi connectivity index (χ2n) is 6.86. The fourth-order valence-corrected chi connectivity index (χ4v) is 4.54. The molecule has 1 aliphatic carbocycles. The third kappa shape index (κ3) is 2.33. The highest BCUT2D eigenvalue weighted by molar-refractivity contribution is 7.12. The minimum atomic E-state index is -0.525. The smallest absolute Gasteiger partial charge is 0.271 e. The molecular formula is C19H15FN4O2S. The molecule has 0 spiro atoms. The molecule has 1 aromatic carbocycles. The largest absolute Gasteiger partial charge is 0.384 e. The Kier molecular flexibility index (Phi) is 3.30. The molecule has 1 aliphatic rings. The number of pyridine rings is 2. The molecule has 0 aliphatic heterocycles. The Morgan fingerprint density at radius 1 is 1.26 bits per heavy atom. The van der Waals surface area contributed by atoms with E-state index in [1.54, 1.807) is 25.1 Å². The monoisotopic (exact) mass is 382 g/mol. The van der Waals surface area contributed by atoms with E-state index in [9.17, 15) is 14.0 Å². The molecule has 0 saturated heterocycles. The number of benzene rings is 1. The van der Waals surface area contributed by atoms with E-state index in [1.807, 2.05) is 4.57 Å². The van der Waals surface area contributed by atoms with Gasteiger partial charge in [-0.05, 0) is 55.6 Å². The van der Waals surface area contributed by atoms with Crippen LogP contribution in [0.25, 0.3) is 32.2 Å². The first-order valence-corrected chi connectivity index (χ1v) is 9.40. The van der Waals surface area contributed by atoms with Gasteiger partial charge in [0.15, 0.2) is 0 Å². The van der Waals surface area contributed by atoms with Crippen molar-refractivity contribution in [2.24, 2.45) is 0 Å².